The van der Waals surface area contributed by atoms with Crippen LogP contribution in [-0.2, 0) is 36.8 Å². The Morgan fingerprint density at radius 2 is 1.84 bits per heavy atom. The van der Waals surface area contributed by atoms with Crippen molar-refractivity contribution < 1.29 is 9.59 Å². The summed E-state index contributed by atoms with van der Waals surface area (Å²) in [6.45, 7) is 1.91. The number of imidazole rings is 1. The maximum absolute atomic E-state index is 13.9. The molecule has 2 heterocycles. The molecule has 0 aliphatic heterocycles. The van der Waals surface area contributed by atoms with E-state index >= 15 is 0 Å². The van der Waals surface area contributed by atoms with Crippen molar-refractivity contribution in [1.29, 1.82) is 0 Å². The lowest BCUT2D eigenvalue weighted by Gasteiger charge is -2.33. The van der Waals surface area contributed by atoms with Crippen LogP contribution < -0.4 is 16.6 Å². The van der Waals surface area contributed by atoms with Gasteiger partial charge in [-0.15, -0.1) is 0 Å². The molecule has 0 saturated heterocycles. The number of halogens is 1. The summed E-state index contributed by atoms with van der Waals surface area (Å²) >= 11 is 6.45. The molecule has 1 aromatic carbocycles. The van der Waals surface area contributed by atoms with E-state index in [1.165, 1.54) is 36.0 Å². The minimum absolute atomic E-state index is 0.106. The molecule has 38 heavy (non-hydrogen) atoms. The predicted octanol–water partition coefficient (Wildman–Crippen LogP) is 2.73. The fraction of sp³-hybridized carbons (Fsp3) is 0.519. The molecular formula is C27H35ClN6O4. The Bertz CT molecular complexity index is 1440. The molecule has 10 nitrogen and oxygen atoms in total. The van der Waals surface area contributed by atoms with Crippen LogP contribution in [0.15, 0.2) is 40.2 Å². The molecule has 1 aliphatic rings. The van der Waals surface area contributed by atoms with E-state index in [1.54, 1.807) is 11.0 Å². The molecule has 204 valence electrons. The molecule has 4 rings (SSSR count). The topological polar surface area (TPSA) is 111 Å². The van der Waals surface area contributed by atoms with Crippen LogP contribution in [0, 0.1) is 0 Å². The number of hydrogen-bond donors (Lipinski definition) is 1. The van der Waals surface area contributed by atoms with Gasteiger partial charge >= 0.3 is 5.69 Å². The average molecular weight is 543 g/mol. The molecule has 1 N–H and O–H groups in total. The maximum atomic E-state index is 13.9. The molecular weight excluding hydrogens is 508 g/mol. The first-order chi connectivity index (χ1) is 18.2. The highest BCUT2D eigenvalue weighted by Crippen LogP contribution is 2.22. The Morgan fingerprint density at radius 1 is 1.13 bits per heavy atom. The molecule has 3 aromatic rings. The van der Waals surface area contributed by atoms with E-state index in [1.807, 2.05) is 25.1 Å². The number of carbonyl (C=O) groups excluding carboxylic acids is 2. The van der Waals surface area contributed by atoms with Gasteiger partial charge < -0.3 is 14.8 Å². The smallest absolute Gasteiger partial charge is 0.332 e. The van der Waals surface area contributed by atoms with Gasteiger partial charge in [-0.1, -0.05) is 62.4 Å². The fourth-order valence-corrected chi connectivity index (χ4v) is 5.38. The zero-order valence-electron chi connectivity index (χ0n) is 22.2. The van der Waals surface area contributed by atoms with E-state index in [2.05, 4.69) is 10.3 Å². The Hall–Kier alpha value is -3.40. The molecule has 11 heteroatoms. The van der Waals surface area contributed by atoms with Gasteiger partial charge in [-0.2, -0.15) is 0 Å². The van der Waals surface area contributed by atoms with Crippen molar-refractivity contribution in [2.45, 2.75) is 77.0 Å². The number of aryl methyl sites for hydroxylation is 1. The van der Waals surface area contributed by atoms with Crippen molar-refractivity contribution in [3.63, 3.8) is 0 Å². The highest BCUT2D eigenvalue weighted by atomic mass is 35.5. The molecule has 0 bridgehead atoms. The van der Waals surface area contributed by atoms with Gasteiger partial charge in [0.2, 0.25) is 11.8 Å². The van der Waals surface area contributed by atoms with Crippen LogP contribution in [0.4, 0.5) is 0 Å². The largest absolute Gasteiger partial charge is 0.352 e. The van der Waals surface area contributed by atoms with Gasteiger partial charge in [0.25, 0.3) is 5.56 Å². The third kappa shape index (κ3) is 5.70. The van der Waals surface area contributed by atoms with E-state index in [4.69, 9.17) is 11.6 Å². The van der Waals surface area contributed by atoms with E-state index < -0.39 is 17.3 Å². The minimum atomic E-state index is -0.701. The zero-order chi connectivity index (χ0) is 27.4. The van der Waals surface area contributed by atoms with Crippen molar-refractivity contribution in [2.24, 2.45) is 14.1 Å². The summed E-state index contributed by atoms with van der Waals surface area (Å²) < 4.78 is 3.71. The molecule has 2 amide bonds. The van der Waals surface area contributed by atoms with Crippen LogP contribution in [-0.4, -0.2) is 47.5 Å². The predicted molar refractivity (Wildman–Crippen MR) is 146 cm³/mol. The lowest BCUT2D eigenvalue weighted by atomic mass is 9.95. The van der Waals surface area contributed by atoms with Crippen LogP contribution in [0.3, 0.4) is 0 Å². The number of nitrogens with one attached hydrogen (secondary N) is 1. The number of benzene rings is 1. The normalized spacial score (nSPS) is 14.9. The van der Waals surface area contributed by atoms with Crippen LogP contribution >= 0.6 is 11.6 Å². The molecule has 0 radical (unpaired) electrons. The Balaban J connectivity index is 1.69. The minimum Gasteiger partial charge on any atom is -0.352 e. The molecule has 0 spiro atoms. The first-order valence-corrected chi connectivity index (χ1v) is 13.5. The first-order valence-electron chi connectivity index (χ1n) is 13.2. The van der Waals surface area contributed by atoms with Crippen molar-refractivity contribution in [3.8, 4) is 0 Å². The monoisotopic (exact) mass is 542 g/mol. The van der Waals surface area contributed by atoms with Crippen LogP contribution in [0.5, 0.6) is 0 Å². The van der Waals surface area contributed by atoms with Gasteiger partial charge in [-0.3, -0.25) is 23.5 Å². The Labute approximate surface area is 226 Å². The van der Waals surface area contributed by atoms with Crippen molar-refractivity contribution in [1.82, 2.24) is 28.9 Å². The maximum Gasteiger partial charge on any atom is 0.332 e. The summed E-state index contributed by atoms with van der Waals surface area (Å²) in [6.07, 6.45) is 7.77. The summed E-state index contributed by atoms with van der Waals surface area (Å²) in [5.74, 6) is -0.523. The molecule has 1 unspecified atom stereocenters. The van der Waals surface area contributed by atoms with Crippen molar-refractivity contribution in [2.75, 3.05) is 0 Å². The van der Waals surface area contributed by atoms with E-state index in [0.717, 1.165) is 35.8 Å². The number of amides is 2. The highest BCUT2D eigenvalue weighted by Gasteiger charge is 2.32. The number of rotatable bonds is 9. The van der Waals surface area contributed by atoms with Crippen molar-refractivity contribution >= 4 is 34.6 Å². The van der Waals surface area contributed by atoms with Crippen molar-refractivity contribution in [3.05, 3.63) is 62.0 Å². The second kappa shape index (κ2) is 12.0. The summed E-state index contributed by atoms with van der Waals surface area (Å²) in [7, 11) is 2.92. The van der Waals surface area contributed by atoms with Crippen LogP contribution in [0.1, 0.15) is 57.4 Å². The van der Waals surface area contributed by atoms with Gasteiger partial charge in [0, 0.05) is 31.7 Å². The summed E-state index contributed by atoms with van der Waals surface area (Å²) in [5.41, 5.74) is 0.0407. The standard InChI is InChI=1S/C27H35ClN6O4/c1-4-10-21(25(36)30-19-12-6-5-7-13-19)34(15-18-11-8-9-14-20(18)28)22(35)16-33-17-29-24-23(33)26(37)32(3)27(38)31(24)2/h8-9,11,14,17,19,21H,4-7,10,12-13,15-16H2,1-3H3,(H,30,36). The lowest BCUT2D eigenvalue weighted by molar-refractivity contribution is -0.142. The molecule has 2 aromatic heterocycles. The molecule has 1 aliphatic carbocycles. The zero-order valence-corrected chi connectivity index (χ0v) is 22.9. The second-order valence-corrected chi connectivity index (χ2v) is 10.4. The van der Waals surface area contributed by atoms with E-state index in [0.29, 0.717) is 17.9 Å². The van der Waals surface area contributed by atoms with Gasteiger partial charge in [0.05, 0.1) is 6.33 Å². The van der Waals surface area contributed by atoms with E-state index in [9.17, 15) is 19.2 Å². The van der Waals surface area contributed by atoms with Crippen LogP contribution in [0.2, 0.25) is 5.02 Å². The molecule has 1 saturated carbocycles. The van der Waals surface area contributed by atoms with Gasteiger partial charge in [0.15, 0.2) is 11.2 Å². The summed E-state index contributed by atoms with van der Waals surface area (Å²) in [5, 5.41) is 3.69. The third-order valence-electron chi connectivity index (χ3n) is 7.33. The quantitative estimate of drug-likeness (QED) is 0.447. The Morgan fingerprint density at radius 3 is 2.53 bits per heavy atom. The summed E-state index contributed by atoms with van der Waals surface area (Å²) in [6, 6.07) is 6.65. The van der Waals surface area contributed by atoms with Gasteiger partial charge in [0.1, 0.15) is 12.6 Å². The number of carbonyl (C=O) groups is 2. The third-order valence-corrected chi connectivity index (χ3v) is 7.70. The SMILES string of the molecule is CCCC(C(=O)NC1CCCCC1)N(Cc1ccccc1Cl)C(=O)Cn1cnc2c1c(=O)n(C)c(=O)n2C. The molecule has 1 atom stereocenters. The second-order valence-electron chi connectivity index (χ2n) is 10.0. The number of fused-ring (bicyclic) bond motifs is 1. The number of hydrogen-bond acceptors (Lipinski definition) is 5. The molecule has 1 fully saturated rings. The summed E-state index contributed by atoms with van der Waals surface area (Å²) in [4.78, 5) is 58.5. The Kier molecular flexibility index (Phi) is 8.71. The van der Waals surface area contributed by atoms with Gasteiger partial charge in [-0.05, 0) is 30.9 Å². The fourth-order valence-electron chi connectivity index (χ4n) is 5.18. The lowest BCUT2D eigenvalue weighted by Crippen LogP contribution is -2.52. The van der Waals surface area contributed by atoms with Crippen LogP contribution in [0.25, 0.3) is 11.2 Å². The van der Waals surface area contributed by atoms with Gasteiger partial charge in [-0.25, -0.2) is 9.78 Å². The average Bonchev–Trinajstić information content (AvgIpc) is 3.33. The highest BCUT2D eigenvalue weighted by molar-refractivity contribution is 6.31. The first kappa shape index (κ1) is 27.6. The number of aromatic nitrogens is 4. The number of nitrogens with zero attached hydrogens (tertiary/aromatic N) is 5. The van der Waals surface area contributed by atoms with E-state index in [-0.39, 0.29) is 42.1 Å².